The number of aromatic carboxylic acids is 2. The molecule has 5 nitrogen and oxygen atoms in total. The molecule has 0 spiro atoms. The molecular weight excluding hydrogens is 221 g/mol. The number of carboxylic acid groups (broad SMARTS) is 2. The van der Waals surface area contributed by atoms with Crippen molar-refractivity contribution >= 4 is 11.9 Å². The van der Waals surface area contributed by atoms with Crippen molar-refractivity contribution in [1.29, 1.82) is 0 Å². The number of furan rings is 1. The van der Waals surface area contributed by atoms with Crippen LogP contribution in [0.5, 0.6) is 0 Å². The lowest BCUT2D eigenvalue weighted by atomic mass is 10.2. The van der Waals surface area contributed by atoms with Crippen LogP contribution in [-0.2, 0) is 6.18 Å². The van der Waals surface area contributed by atoms with Crippen LogP contribution in [0.3, 0.4) is 0 Å². The van der Waals surface area contributed by atoms with E-state index in [0.717, 1.165) is 0 Å². The van der Waals surface area contributed by atoms with Crippen LogP contribution in [0.25, 0.3) is 0 Å². The quantitative estimate of drug-likeness (QED) is 0.797. The molecule has 0 saturated heterocycles. The highest BCUT2D eigenvalue weighted by Crippen LogP contribution is 2.34. The van der Waals surface area contributed by atoms with E-state index in [1.807, 2.05) is 0 Å². The molecular formula is C7H3F3O5. The molecule has 1 aromatic rings. The number of hydrogen-bond donors (Lipinski definition) is 2. The van der Waals surface area contributed by atoms with Gasteiger partial charge in [0.05, 0.1) is 0 Å². The van der Waals surface area contributed by atoms with Gasteiger partial charge in [0.2, 0.25) is 11.5 Å². The zero-order valence-electron chi connectivity index (χ0n) is 6.83. The van der Waals surface area contributed by atoms with Crippen LogP contribution in [0.2, 0.25) is 0 Å². The molecule has 1 rings (SSSR count). The Morgan fingerprint density at radius 3 is 2.00 bits per heavy atom. The Bertz CT molecular complexity index is 417. The van der Waals surface area contributed by atoms with Gasteiger partial charge < -0.3 is 14.6 Å². The van der Waals surface area contributed by atoms with E-state index < -0.39 is 35.2 Å². The summed E-state index contributed by atoms with van der Waals surface area (Å²) < 4.78 is 40.3. The van der Waals surface area contributed by atoms with Gasteiger partial charge in [-0.1, -0.05) is 0 Å². The standard InChI is InChI=1S/C7H3F3O5/c8-7(9,10)4-2(5(11)12)1-3(15-4)6(13)14/h1H,(H,11,12)(H,13,14). The van der Waals surface area contributed by atoms with Gasteiger partial charge in [-0.05, 0) is 0 Å². The maximum absolute atomic E-state index is 12.1. The Morgan fingerprint density at radius 2 is 1.73 bits per heavy atom. The molecule has 0 aromatic carbocycles. The van der Waals surface area contributed by atoms with Crippen molar-refractivity contribution < 1.29 is 37.4 Å². The van der Waals surface area contributed by atoms with Gasteiger partial charge in [-0.2, -0.15) is 13.2 Å². The first-order valence-corrected chi connectivity index (χ1v) is 3.41. The van der Waals surface area contributed by atoms with Gasteiger partial charge in [0.25, 0.3) is 0 Å². The smallest absolute Gasteiger partial charge is 0.450 e. The minimum atomic E-state index is -5.04. The monoisotopic (exact) mass is 224 g/mol. The van der Waals surface area contributed by atoms with E-state index in [-0.39, 0.29) is 0 Å². The maximum Gasteiger partial charge on any atom is 0.450 e. The van der Waals surface area contributed by atoms with Gasteiger partial charge >= 0.3 is 18.1 Å². The second-order valence-electron chi connectivity index (χ2n) is 2.46. The number of carboxylic acids is 2. The summed E-state index contributed by atoms with van der Waals surface area (Å²) >= 11 is 0. The number of carbonyl (C=O) groups is 2. The van der Waals surface area contributed by atoms with Crippen molar-refractivity contribution in [3.05, 3.63) is 23.2 Å². The molecule has 0 amide bonds. The molecule has 0 fully saturated rings. The molecule has 0 saturated carbocycles. The predicted octanol–water partition coefficient (Wildman–Crippen LogP) is 1.69. The molecule has 0 atom stereocenters. The Labute approximate surface area is 79.7 Å². The van der Waals surface area contributed by atoms with E-state index >= 15 is 0 Å². The van der Waals surface area contributed by atoms with Crippen molar-refractivity contribution in [2.75, 3.05) is 0 Å². The minimum Gasteiger partial charge on any atom is -0.478 e. The third kappa shape index (κ3) is 2.09. The van der Waals surface area contributed by atoms with E-state index in [1.54, 1.807) is 0 Å². The van der Waals surface area contributed by atoms with Crippen LogP contribution < -0.4 is 0 Å². The van der Waals surface area contributed by atoms with Crippen molar-refractivity contribution in [1.82, 2.24) is 0 Å². The highest BCUT2D eigenvalue weighted by molar-refractivity contribution is 5.93. The Hall–Kier alpha value is -1.99. The molecule has 0 aliphatic rings. The van der Waals surface area contributed by atoms with Crippen molar-refractivity contribution in [3.8, 4) is 0 Å². The van der Waals surface area contributed by atoms with Crippen molar-refractivity contribution in [2.24, 2.45) is 0 Å². The molecule has 82 valence electrons. The van der Waals surface area contributed by atoms with Crippen molar-refractivity contribution in [2.45, 2.75) is 6.18 Å². The van der Waals surface area contributed by atoms with Gasteiger partial charge in [-0.25, -0.2) is 9.59 Å². The fraction of sp³-hybridized carbons (Fsp3) is 0.143. The average molecular weight is 224 g/mol. The van der Waals surface area contributed by atoms with E-state index in [2.05, 4.69) is 4.42 Å². The molecule has 0 bridgehead atoms. The Balaban J connectivity index is 3.37. The normalized spacial score (nSPS) is 11.4. The summed E-state index contributed by atoms with van der Waals surface area (Å²) in [5.74, 6) is -6.57. The third-order valence-corrected chi connectivity index (χ3v) is 1.43. The minimum absolute atomic E-state index is 0.313. The SMILES string of the molecule is O=C(O)c1cc(C(=O)O)c(C(F)(F)F)o1. The summed E-state index contributed by atoms with van der Waals surface area (Å²) in [7, 11) is 0. The topological polar surface area (TPSA) is 87.7 Å². The molecule has 15 heavy (non-hydrogen) atoms. The fourth-order valence-electron chi connectivity index (χ4n) is 0.866. The summed E-state index contributed by atoms with van der Waals surface area (Å²) in [5.41, 5.74) is -1.22. The molecule has 0 radical (unpaired) electrons. The second kappa shape index (κ2) is 3.30. The Morgan fingerprint density at radius 1 is 1.20 bits per heavy atom. The first kappa shape index (κ1) is 11.1. The van der Waals surface area contributed by atoms with Gasteiger partial charge in [0.15, 0.2) is 0 Å². The molecule has 0 aliphatic heterocycles. The van der Waals surface area contributed by atoms with Gasteiger partial charge in [0.1, 0.15) is 5.56 Å². The highest BCUT2D eigenvalue weighted by Gasteiger charge is 2.41. The van der Waals surface area contributed by atoms with Crippen LogP contribution in [0.4, 0.5) is 13.2 Å². The zero-order chi connectivity index (χ0) is 11.8. The Kier molecular flexibility index (Phi) is 2.44. The maximum atomic E-state index is 12.1. The van der Waals surface area contributed by atoms with Crippen LogP contribution in [-0.4, -0.2) is 22.2 Å². The van der Waals surface area contributed by atoms with Gasteiger partial charge in [0, 0.05) is 6.07 Å². The average Bonchev–Trinajstić information content (AvgIpc) is 2.45. The third-order valence-electron chi connectivity index (χ3n) is 1.43. The van der Waals surface area contributed by atoms with Gasteiger partial charge in [-0.3, -0.25) is 0 Å². The zero-order valence-corrected chi connectivity index (χ0v) is 6.83. The molecule has 2 N–H and O–H groups in total. The van der Waals surface area contributed by atoms with Crippen LogP contribution in [0.1, 0.15) is 26.7 Å². The lowest BCUT2D eigenvalue weighted by molar-refractivity contribution is -0.153. The first-order chi connectivity index (χ1) is 6.73. The summed E-state index contributed by atoms with van der Waals surface area (Å²) in [6.07, 6.45) is -5.04. The summed E-state index contributed by atoms with van der Waals surface area (Å²) in [6.45, 7) is 0. The summed E-state index contributed by atoms with van der Waals surface area (Å²) in [4.78, 5) is 20.6. The van der Waals surface area contributed by atoms with E-state index in [0.29, 0.717) is 6.07 Å². The molecule has 8 heteroatoms. The molecule has 1 heterocycles. The summed E-state index contributed by atoms with van der Waals surface area (Å²) in [6, 6.07) is 0.313. The lowest BCUT2D eigenvalue weighted by Gasteiger charge is -2.02. The molecule has 0 aliphatic carbocycles. The molecule has 0 unspecified atom stereocenters. The van der Waals surface area contributed by atoms with Crippen LogP contribution >= 0.6 is 0 Å². The van der Waals surface area contributed by atoms with Crippen molar-refractivity contribution in [3.63, 3.8) is 0 Å². The van der Waals surface area contributed by atoms with Crippen LogP contribution in [0.15, 0.2) is 10.5 Å². The van der Waals surface area contributed by atoms with E-state index in [9.17, 15) is 22.8 Å². The second-order valence-corrected chi connectivity index (χ2v) is 2.46. The van der Waals surface area contributed by atoms with E-state index in [4.69, 9.17) is 10.2 Å². The number of alkyl halides is 3. The largest absolute Gasteiger partial charge is 0.478 e. The van der Waals surface area contributed by atoms with Crippen LogP contribution in [0, 0.1) is 0 Å². The number of hydrogen-bond acceptors (Lipinski definition) is 3. The van der Waals surface area contributed by atoms with Gasteiger partial charge in [-0.15, -0.1) is 0 Å². The molecule has 1 aromatic heterocycles. The fourth-order valence-corrected chi connectivity index (χ4v) is 0.866. The highest BCUT2D eigenvalue weighted by atomic mass is 19.4. The van der Waals surface area contributed by atoms with E-state index in [1.165, 1.54) is 0 Å². The predicted molar refractivity (Wildman–Crippen MR) is 37.6 cm³/mol. The first-order valence-electron chi connectivity index (χ1n) is 3.41. The summed E-state index contributed by atoms with van der Waals surface area (Å²) in [5, 5.41) is 16.7. The number of rotatable bonds is 2. The lowest BCUT2D eigenvalue weighted by Crippen LogP contribution is -2.09. The number of halogens is 3.